The van der Waals surface area contributed by atoms with Gasteiger partial charge < -0.3 is 4.90 Å². The zero-order chi connectivity index (χ0) is 10.7. The maximum Gasteiger partial charge on any atom is 0.0642 e. The van der Waals surface area contributed by atoms with Crippen LogP contribution in [0, 0.1) is 0 Å². The van der Waals surface area contributed by atoms with E-state index in [0.717, 1.165) is 16.4 Å². The highest BCUT2D eigenvalue weighted by atomic mass is 35.5. The minimum absolute atomic E-state index is 0. The number of rotatable bonds is 2. The Balaban J connectivity index is 0.00000128. The fourth-order valence-electron chi connectivity index (χ4n) is 1.51. The summed E-state index contributed by atoms with van der Waals surface area (Å²) in [6.45, 7) is 0. The molecule has 3 heteroatoms. The van der Waals surface area contributed by atoms with E-state index in [1.807, 2.05) is 49.5 Å². The molecule has 0 fully saturated rings. The van der Waals surface area contributed by atoms with E-state index in [-0.39, 0.29) is 8.41 Å². The third kappa shape index (κ3) is 2.58. The first-order valence-electron chi connectivity index (χ1n) is 4.82. The smallest absolute Gasteiger partial charge is 0.0642 e. The topological polar surface area (TPSA) is 3.24 Å². The van der Waals surface area contributed by atoms with Gasteiger partial charge in [-0.1, -0.05) is 41.9 Å². The summed E-state index contributed by atoms with van der Waals surface area (Å²) in [5.41, 5.74) is 2.15. The monoisotopic (exact) mass is 228 g/mol. The molecule has 2 rings (SSSR count). The van der Waals surface area contributed by atoms with Gasteiger partial charge in [0.25, 0.3) is 0 Å². The van der Waals surface area contributed by atoms with Gasteiger partial charge in [0.2, 0.25) is 0 Å². The van der Waals surface area contributed by atoms with Crippen LogP contribution in [0.4, 0.5) is 11.4 Å². The molecule has 0 saturated carbocycles. The highest BCUT2D eigenvalue weighted by molar-refractivity contribution is 6.33. The summed E-state index contributed by atoms with van der Waals surface area (Å²) >= 11 is 6.13. The number of nitrogens with zero attached hydrogens (tertiary/aromatic N) is 1. The van der Waals surface area contributed by atoms with Crippen molar-refractivity contribution in [3.05, 3.63) is 59.6 Å². The predicted octanol–water partition coefficient (Wildman–Crippen LogP) is 3.73. The SMILES string of the molecule is CN(c1ccccc1)c1ccccc1Cl.[B]. The molecule has 0 unspecified atom stereocenters. The molecule has 0 aromatic heterocycles. The normalized spacial score (nSPS) is 9.38. The Hall–Kier alpha value is -1.41. The number of benzene rings is 2. The van der Waals surface area contributed by atoms with E-state index in [0.29, 0.717) is 0 Å². The average Bonchev–Trinajstić information content (AvgIpc) is 2.30. The van der Waals surface area contributed by atoms with Crippen LogP contribution in [0.15, 0.2) is 54.6 Å². The Morgan fingerprint density at radius 2 is 1.44 bits per heavy atom. The van der Waals surface area contributed by atoms with E-state index in [4.69, 9.17) is 11.6 Å². The van der Waals surface area contributed by atoms with E-state index in [1.54, 1.807) is 0 Å². The number of hydrogen-bond acceptors (Lipinski definition) is 1. The lowest BCUT2D eigenvalue weighted by molar-refractivity contribution is 1.21. The lowest BCUT2D eigenvalue weighted by atomic mass is 10.2. The second kappa shape index (κ2) is 5.62. The van der Waals surface area contributed by atoms with Crippen molar-refractivity contribution in [2.45, 2.75) is 0 Å². The molecule has 0 aliphatic rings. The fourth-order valence-corrected chi connectivity index (χ4v) is 1.78. The average molecular weight is 229 g/mol. The first-order valence-corrected chi connectivity index (χ1v) is 5.20. The summed E-state index contributed by atoms with van der Waals surface area (Å²) < 4.78 is 0. The van der Waals surface area contributed by atoms with Gasteiger partial charge in [-0.2, -0.15) is 0 Å². The van der Waals surface area contributed by atoms with E-state index in [1.165, 1.54) is 0 Å². The molecule has 1 nitrogen and oxygen atoms in total. The first kappa shape index (κ1) is 12.7. The van der Waals surface area contributed by atoms with Crippen LogP contribution in [-0.4, -0.2) is 15.5 Å². The standard InChI is InChI=1S/C13H12ClN.B/c1-15(11-7-3-2-4-8-11)13-10-6-5-9-12(13)14;/h2-10H,1H3;. The van der Waals surface area contributed by atoms with E-state index in [9.17, 15) is 0 Å². The van der Waals surface area contributed by atoms with Crippen LogP contribution in [0.5, 0.6) is 0 Å². The fraction of sp³-hybridized carbons (Fsp3) is 0.0769. The molecule has 0 aliphatic heterocycles. The quantitative estimate of drug-likeness (QED) is 0.708. The van der Waals surface area contributed by atoms with Crippen LogP contribution in [0.2, 0.25) is 5.02 Å². The summed E-state index contributed by atoms with van der Waals surface area (Å²) in [5, 5.41) is 0.767. The van der Waals surface area contributed by atoms with E-state index < -0.39 is 0 Å². The van der Waals surface area contributed by atoms with Gasteiger partial charge in [0.15, 0.2) is 0 Å². The number of halogens is 1. The molecule has 0 saturated heterocycles. The predicted molar refractivity (Wildman–Crippen MR) is 71.7 cm³/mol. The number of anilines is 2. The van der Waals surface area contributed by atoms with Crippen molar-refractivity contribution in [2.24, 2.45) is 0 Å². The van der Waals surface area contributed by atoms with Gasteiger partial charge in [0, 0.05) is 21.1 Å². The number of para-hydroxylation sites is 2. The minimum Gasteiger partial charge on any atom is -0.343 e. The Morgan fingerprint density at radius 3 is 2.06 bits per heavy atom. The van der Waals surface area contributed by atoms with Gasteiger partial charge >= 0.3 is 0 Å². The third-order valence-electron chi connectivity index (χ3n) is 2.36. The number of hydrogen-bond donors (Lipinski definition) is 0. The van der Waals surface area contributed by atoms with Gasteiger partial charge in [-0.15, -0.1) is 0 Å². The molecule has 3 radical (unpaired) electrons. The molecule has 0 N–H and O–H groups in total. The lowest BCUT2D eigenvalue weighted by Gasteiger charge is -2.20. The molecule has 0 atom stereocenters. The Kier molecular flexibility index (Phi) is 4.45. The van der Waals surface area contributed by atoms with Crippen LogP contribution < -0.4 is 4.90 Å². The van der Waals surface area contributed by atoms with E-state index in [2.05, 4.69) is 17.0 Å². The summed E-state index contributed by atoms with van der Waals surface area (Å²) in [6.07, 6.45) is 0. The molecular formula is C13H12BClN. The van der Waals surface area contributed by atoms with Crippen LogP contribution in [0.25, 0.3) is 0 Å². The van der Waals surface area contributed by atoms with Gasteiger partial charge in [-0.25, -0.2) is 0 Å². The second-order valence-electron chi connectivity index (χ2n) is 3.35. The summed E-state index contributed by atoms with van der Waals surface area (Å²) in [4.78, 5) is 2.07. The van der Waals surface area contributed by atoms with Gasteiger partial charge in [-0.05, 0) is 24.3 Å². The maximum absolute atomic E-state index is 6.13. The summed E-state index contributed by atoms with van der Waals surface area (Å²) in [5.74, 6) is 0. The van der Waals surface area contributed by atoms with Crippen molar-refractivity contribution in [3.8, 4) is 0 Å². The molecule has 2 aromatic rings. The summed E-state index contributed by atoms with van der Waals surface area (Å²) in [7, 11) is 2.01. The second-order valence-corrected chi connectivity index (χ2v) is 3.75. The largest absolute Gasteiger partial charge is 0.343 e. The molecule has 79 valence electrons. The molecule has 0 heterocycles. The van der Waals surface area contributed by atoms with Crippen LogP contribution in [-0.2, 0) is 0 Å². The third-order valence-corrected chi connectivity index (χ3v) is 2.68. The summed E-state index contributed by atoms with van der Waals surface area (Å²) in [6, 6.07) is 18.0. The van der Waals surface area contributed by atoms with Crippen molar-refractivity contribution in [3.63, 3.8) is 0 Å². The Morgan fingerprint density at radius 1 is 0.875 bits per heavy atom. The lowest BCUT2D eigenvalue weighted by Crippen LogP contribution is -2.09. The van der Waals surface area contributed by atoms with Crippen molar-refractivity contribution < 1.29 is 0 Å². The molecule has 0 amide bonds. The van der Waals surface area contributed by atoms with Gasteiger partial charge in [0.1, 0.15) is 0 Å². The zero-order valence-electron chi connectivity index (χ0n) is 9.10. The molecule has 0 spiro atoms. The highest BCUT2D eigenvalue weighted by Gasteiger charge is 2.05. The van der Waals surface area contributed by atoms with Crippen molar-refractivity contribution >= 4 is 31.4 Å². The molecule has 16 heavy (non-hydrogen) atoms. The van der Waals surface area contributed by atoms with Crippen molar-refractivity contribution in [2.75, 3.05) is 11.9 Å². The van der Waals surface area contributed by atoms with Crippen molar-refractivity contribution in [1.82, 2.24) is 0 Å². The van der Waals surface area contributed by atoms with Crippen LogP contribution in [0.3, 0.4) is 0 Å². The zero-order valence-corrected chi connectivity index (χ0v) is 9.85. The molecule has 0 bridgehead atoms. The Bertz CT molecular complexity index is 445. The molecular weight excluding hydrogens is 216 g/mol. The molecule has 2 aromatic carbocycles. The molecule has 0 aliphatic carbocycles. The van der Waals surface area contributed by atoms with Gasteiger partial charge in [0.05, 0.1) is 10.7 Å². The first-order chi connectivity index (χ1) is 7.29. The van der Waals surface area contributed by atoms with Gasteiger partial charge in [-0.3, -0.25) is 0 Å². The van der Waals surface area contributed by atoms with Crippen LogP contribution in [0.1, 0.15) is 0 Å². The van der Waals surface area contributed by atoms with Crippen molar-refractivity contribution in [1.29, 1.82) is 0 Å². The maximum atomic E-state index is 6.13. The van der Waals surface area contributed by atoms with E-state index >= 15 is 0 Å². The van der Waals surface area contributed by atoms with Crippen LogP contribution >= 0.6 is 11.6 Å². The Labute approximate surface area is 103 Å². The minimum atomic E-state index is 0. The highest BCUT2D eigenvalue weighted by Crippen LogP contribution is 2.29.